The fraction of sp³-hybridized carbons (Fsp3) is 0.250. The van der Waals surface area contributed by atoms with E-state index in [0.717, 1.165) is 11.8 Å². The lowest BCUT2D eigenvalue weighted by molar-refractivity contribution is -0.119. The molecule has 0 aliphatic carbocycles. The Balaban J connectivity index is 2.38. The number of nitrogens with zero attached hydrogens (tertiary/aromatic N) is 2. The van der Waals surface area contributed by atoms with Gasteiger partial charge in [0.05, 0.1) is 16.2 Å². The van der Waals surface area contributed by atoms with Crippen LogP contribution in [0.4, 0.5) is 4.79 Å². The Hall–Kier alpha value is -2.61. The van der Waals surface area contributed by atoms with Crippen LogP contribution in [0.25, 0.3) is 10.9 Å². The van der Waals surface area contributed by atoms with Gasteiger partial charge in [0.2, 0.25) is 5.91 Å². The number of para-hydroxylation sites is 1. The first-order valence-corrected chi connectivity index (χ1v) is 8.15. The average Bonchev–Trinajstić information content (AvgIpc) is 2.58. The molecule has 0 saturated carbocycles. The smallest absolute Gasteiger partial charge is 0.321 e. The van der Waals surface area contributed by atoms with E-state index in [1.54, 1.807) is 37.3 Å². The molecule has 126 valence electrons. The highest BCUT2D eigenvalue weighted by Gasteiger charge is 2.20. The maximum Gasteiger partial charge on any atom is 0.321 e. The first-order valence-electron chi connectivity index (χ1n) is 7.27. The fourth-order valence-corrected chi connectivity index (χ4v) is 2.93. The highest BCUT2D eigenvalue weighted by atomic mass is 32.2. The van der Waals surface area contributed by atoms with Crippen molar-refractivity contribution in [2.75, 3.05) is 7.05 Å². The molecule has 0 aliphatic heterocycles. The molecule has 2 aromatic rings. The minimum atomic E-state index is -0.605. The summed E-state index contributed by atoms with van der Waals surface area (Å²) in [4.78, 5) is 40.3. The van der Waals surface area contributed by atoms with Crippen molar-refractivity contribution >= 4 is 34.6 Å². The molecule has 8 heteroatoms. The molecule has 0 radical (unpaired) electrons. The van der Waals surface area contributed by atoms with Crippen LogP contribution >= 0.6 is 11.8 Å². The lowest BCUT2D eigenvalue weighted by Crippen LogP contribution is -2.41. The summed E-state index contributed by atoms with van der Waals surface area (Å²) in [5.41, 5.74) is 0.367. The molecule has 0 spiro atoms. The highest BCUT2D eigenvalue weighted by Crippen LogP contribution is 2.22. The second-order valence-corrected chi connectivity index (χ2v) is 6.25. The SMILES string of the molecule is C=CCn1c(SC(C)C(=O)NC(=O)NC)nc2ccccc2c1=O. The standard InChI is InChI=1S/C16H18N4O3S/c1-4-9-20-14(22)11-7-5-6-8-12(11)18-16(20)24-10(2)13(21)19-15(23)17-3/h4-8,10H,1,9H2,2-3H3,(H2,17,19,21,23). The van der Waals surface area contributed by atoms with Crippen LogP contribution in [0.5, 0.6) is 0 Å². The first kappa shape index (κ1) is 17.7. The molecule has 2 rings (SSSR count). The van der Waals surface area contributed by atoms with Gasteiger partial charge in [-0.2, -0.15) is 0 Å². The van der Waals surface area contributed by atoms with Crippen molar-refractivity contribution in [1.82, 2.24) is 20.2 Å². The van der Waals surface area contributed by atoms with Crippen LogP contribution in [-0.4, -0.2) is 33.8 Å². The van der Waals surface area contributed by atoms with Crippen molar-refractivity contribution in [2.24, 2.45) is 0 Å². The van der Waals surface area contributed by atoms with E-state index in [2.05, 4.69) is 22.2 Å². The number of imide groups is 1. The van der Waals surface area contributed by atoms with Crippen molar-refractivity contribution < 1.29 is 9.59 Å². The number of carbonyl (C=O) groups excluding carboxylic acids is 2. The molecule has 0 bridgehead atoms. The van der Waals surface area contributed by atoms with Crippen LogP contribution in [-0.2, 0) is 11.3 Å². The predicted molar refractivity (Wildman–Crippen MR) is 94.1 cm³/mol. The van der Waals surface area contributed by atoms with Gasteiger partial charge < -0.3 is 5.32 Å². The van der Waals surface area contributed by atoms with E-state index < -0.39 is 17.2 Å². The van der Waals surface area contributed by atoms with Gasteiger partial charge in [0.25, 0.3) is 5.56 Å². The second kappa shape index (κ2) is 7.78. The van der Waals surface area contributed by atoms with Crippen LogP contribution in [0.15, 0.2) is 46.9 Å². The number of carbonyl (C=O) groups is 2. The summed E-state index contributed by atoms with van der Waals surface area (Å²) in [6.07, 6.45) is 1.59. The van der Waals surface area contributed by atoms with E-state index >= 15 is 0 Å². The Morgan fingerprint density at radius 3 is 2.79 bits per heavy atom. The summed E-state index contributed by atoms with van der Waals surface area (Å²) in [7, 11) is 1.42. The Morgan fingerprint density at radius 2 is 2.12 bits per heavy atom. The number of amides is 3. The molecular formula is C16H18N4O3S. The minimum absolute atomic E-state index is 0.193. The molecule has 1 heterocycles. The number of hydrogen-bond acceptors (Lipinski definition) is 5. The topological polar surface area (TPSA) is 93.1 Å². The van der Waals surface area contributed by atoms with Crippen LogP contribution < -0.4 is 16.2 Å². The van der Waals surface area contributed by atoms with Crippen molar-refractivity contribution in [2.45, 2.75) is 23.9 Å². The zero-order valence-corrected chi connectivity index (χ0v) is 14.2. The van der Waals surface area contributed by atoms with E-state index in [1.807, 2.05) is 0 Å². The van der Waals surface area contributed by atoms with Gasteiger partial charge in [-0.25, -0.2) is 9.78 Å². The Morgan fingerprint density at radius 1 is 1.42 bits per heavy atom. The number of hydrogen-bond donors (Lipinski definition) is 2. The number of nitrogens with one attached hydrogen (secondary N) is 2. The minimum Gasteiger partial charge on any atom is -0.341 e. The number of benzene rings is 1. The molecular weight excluding hydrogens is 328 g/mol. The third kappa shape index (κ3) is 3.83. The maximum atomic E-state index is 12.6. The van der Waals surface area contributed by atoms with E-state index in [-0.39, 0.29) is 12.1 Å². The average molecular weight is 346 g/mol. The van der Waals surface area contributed by atoms with Crippen molar-refractivity contribution in [3.63, 3.8) is 0 Å². The highest BCUT2D eigenvalue weighted by molar-refractivity contribution is 8.00. The third-order valence-electron chi connectivity index (χ3n) is 3.25. The molecule has 0 fully saturated rings. The molecule has 1 unspecified atom stereocenters. The molecule has 24 heavy (non-hydrogen) atoms. The quantitative estimate of drug-likeness (QED) is 0.486. The Bertz CT molecular complexity index is 847. The van der Waals surface area contributed by atoms with E-state index in [4.69, 9.17) is 0 Å². The summed E-state index contributed by atoms with van der Waals surface area (Å²) in [6, 6.07) is 6.44. The van der Waals surface area contributed by atoms with Crippen LogP contribution in [0.3, 0.4) is 0 Å². The molecule has 7 nitrogen and oxygen atoms in total. The number of urea groups is 1. The fourth-order valence-electron chi connectivity index (χ4n) is 2.02. The number of allylic oxidation sites excluding steroid dienone is 1. The molecule has 0 saturated heterocycles. The van der Waals surface area contributed by atoms with Crippen LogP contribution in [0, 0.1) is 0 Å². The van der Waals surface area contributed by atoms with Gasteiger partial charge in [-0.15, -0.1) is 6.58 Å². The number of fused-ring (bicyclic) bond motifs is 1. The van der Waals surface area contributed by atoms with E-state index in [1.165, 1.54) is 11.6 Å². The molecule has 3 amide bonds. The molecule has 1 aromatic carbocycles. The van der Waals surface area contributed by atoms with Crippen LogP contribution in [0.1, 0.15) is 6.92 Å². The van der Waals surface area contributed by atoms with Gasteiger partial charge in [0, 0.05) is 13.6 Å². The first-order chi connectivity index (χ1) is 11.5. The van der Waals surface area contributed by atoms with Crippen molar-refractivity contribution in [3.8, 4) is 0 Å². The van der Waals surface area contributed by atoms with Gasteiger partial charge in [-0.1, -0.05) is 30.0 Å². The van der Waals surface area contributed by atoms with Gasteiger partial charge >= 0.3 is 6.03 Å². The largest absolute Gasteiger partial charge is 0.341 e. The normalized spacial score (nSPS) is 11.8. The van der Waals surface area contributed by atoms with Gasteiger partial charge in [0.15, 0.2) is 5.16 Å². The summed E-state index contributed by atoms with van der Waals surface area (Å²) in [6.45, 7) is 5.58. The molecule has 0 aliphatic rings. The second-order valence-electron chi connectivity index (χ2n) is 4.94. The zero-order valence-electron chi connectivity index (χ0n) is 13.4. The molecule has 2 N–H and O–H groups in total. The lowest BCUT2D eigenvalue weighted by Gasteiger charge is -2.15. The predicted octanol–water partition coefficient (Wildman–Crippen LogP) is 1.52. The van der Waals surface area contributed by atoms with Gasteiger partial charge in [-0.05, 0) is 19.1 Å². The monoisotopic (exact) mass is 346 g/mol. The maximum absolute atomic E-state index is 12.6. The number of aromatic nitrogens is 2. The summed E-state index contributed by atoms with van der Waals surface area (Å²) >= 11 is 1.11. The van der Waals surface area contributed by atoms with Gasteiger partial charge in [-0.3, -0.25) is 19.5 Å². The summed E-state index contributed by atoms with van der Waals surface area (Å²) in [5.74, 6) is -0.466. The number of thioether (sulfide) groups is 1. The Labute approximate surface area is 143 Å². The Kier molecular flexibility index (Phi) is 5.75. The summed E-state index contributed by atoms with van der Waals surface area (Å²) < 4.78 is 1.46. The van der Waals surface area contributed by atoms with E-state index in [9.17, 15) is 14.4 Å². The number of rotatable bonds is 5. The summed E-state index contributed by atoms with van der Waals surface area (Å²) in [5, 5.41) is 4.82. The molecule has 1 aromatic heterocycles. The van der Waals surface area contributed by atoms with Crippen molar-refractivity contribution in [1.29, 1.82) is 0 Å². The third-order valence-corrected chi connectivity index (χ3v) is 4.34. The zero-order chi connectivity index (χ0) is 17.7. The lowest BCUT2D eigenvalue weighted by atomic mass is 10.2. The van der Waals surface area contributed by atoms with Gasteiger partial charge in [0.1, 0.15) is 0 Å². The molecule has 1 atom stereocenters. The van der Waals surface area contributed by atoms with Crippen molar-refractivity contribution in [3.05, 3.63) is 47.3 Å². The van der Waals surface area contributed by atoms with Crippen LogP contribution in [0.2, 0.25) is 0 Å². The van der Waals surface area contributed by atoms with E-state index in [0.29, 0.717) is 16.1 Å².